The number of amides is 1. The van der Waals surface area contributed by atoms with Crippen molar-refractivity contribution in [3.05, 3.63) is 59.7 Å². The number of anilines is 1. The van der Waals surface area contributed by atoms with Crippen molar-refractivity contribution in [3.8, 4) is 22.7 Å². The van der Waals surface area contributed by atoms with Gasteiger partial charge in [-0.25, -0.2) is 4.79 Å². The van der Waals surface area contributed by atoms with Crippen LogP contribution in [0.4, 0.5) is 5.00 Å². The van der Waals surface area contributed by atoms with Gasteiger partial charge in [-0.3, -0.25) is 9.36 Å². The van der Waals surface area contributed by atoms with E-state index in [1.807, 2.05) is 46.3 Å². The maximum Gasteiger partial charge on any atom is 0.341 e. The number of carbonyl (C=O) groups excluding carboxylic acids is 2. The normalized spacial score (nSPS) is 10.9. The third kappa shape index (κ3) is 5.23. The van der Waals surface area contributed by atoms with Gasteiger partial charge in [0, 0.05) is 17.5 Å². The summed E-state index contributed by atoms with van der Waals surface area (Å²) in [6.45, 7) is 4.76. The van der Waals surface area contributed by atoms with Gasteiger partial charge in [0.25, 0.3) is 0 Å². The zero-order valence-electron chi connectivity index (χ0n) is 18.8. The number of esters is 1. The number of furan rings is 1. The number of thiophene rings is 1. The second-order valence-corrected chi connectivity index (χ2v) is 9.03. The van der Waals surface area contributed by atoms with Crippen molar-refractivity contribution >= 4 is 40.0 Å². The minimum absolute atomic E-state index is 0.112. The van der Waals surface area contributed by atoms with Crippen molar-refractivity contribution in [1.82, 2.24) is 14.8 Å². The first-order valence-electron chi connectivity index (χ1n) is 10.9. The van der Waals surface area contributed by atoms with E-state index in [1.165, 1.54) is 23.1 Å². The molecule has 0 aliphatic rings. The van der Waals surface area contributed by atoms with Crippen LogP contribution in [0.2, 0.25) is 0 Å². The highest BCUT2D eigenvalue weighted by molar-refractivity contribution is 7.99. The maximum absolute atomic E-state index is 12.8. The van der Waals surface area contributed by atoms with Crippen LogP contribution in [0, 0.1) is 0 Å². The molecule has 0 fully saturated rings. The maximum atomic E-state index is 12.8. The summed E-state index contributed by atoms with van der Waals surface area (Å²) < 4.78 is 12.7. The molecule has 10 heteroatoms. The highest BCUT2D eigenvalue weighted by Gasteiger charge is 2.23. The predicted molar refractivity (Wildman–Crippen MR) is 133 cm³/mol. The van der Waals surface area contributed by atoms with E-state index in [0.717, 1.165) is 17.5 Å². The summed E-state index contributed by atoms with van der Waals surface area (Å²) in [5, 5.41) is 14.3. The van der Waals surface area contributed by atoms with Gasteiger partial charge in [-0.05, 0) is 31.0 Å². The summed E-state index contributed by atoms with van der Waals surface area (Å²) in [4.78, 5) is 25.5. The van der Waals surface area contributed by atoms with Crippen LogP contribution in [0.15, 0.2) is 63.7 Å². The number of nitrogens with zero attached hydrogens (tertiary/aromatic N) is 3. The second kappa shape index (κ2) is 11.2. The molecule has 1 amide bonds. The fraction of sp³-hybridized carbons (Fsp3) is 0.250. The van der Waals surface area contributed by atoms with E-state index in [-0.39, 0.29) is 18.3 Å². The number of benzene rings is 1. The molecule has 0 aliphatic heterocycles. The molecular weight excluding hydrogens is 472 g/mol. The molecule has 4 aromatic rings. The van der Waals surface area contributed by atoms with E-state index in [0.29, 0.717) is 33.9 Å². The lowest BCUT2D eigenvalue weighted by Crippen LogP contribution is -2.17. The average molecular weight is 497 g/mol. The topological polar surface area (TPSA) is 99.2 Å². The van der Waals surface area contributed by atoms with Crippen molar-refractivity contribution in [1.29, 1.82) is 0 Å². The molecule has 0 unspecified atom stereocenters. The van der Waals surface area contributed by atoms with Crippen molar-refractivity contribution in [2.24, 2.45) is 0 Å². The first-order chi connectivity index (χ1) is 16.6. The molecule has 0 bridgehead atoms. The summed E-state index contributed by atoms with van der Waals surface area (Å²) in [5.74, 6) is 0.660. The summed E-state index contributed by atoms with van der Waals surface area (Å²) >= 11 is 2.59. The number of rotatable bonds is 10. The van der Waals surface area contributed by atoms with Crippen LogP contribution >= 0.6 is 23.1 Å². The molecule has 0 aliphatic carbocycles. The summed E-state index contributed by atoms with van der Waals surface area (Å²) in [6.07, 6.45) is 2.47. The summed E-state index contributed by atoms with van der Waals surface area (Å²) in [5.41, 5.74) is 1.98. The molecule has 0 atom stereocenters. The second-order valence-electron chi connectivity index (χ2n) is 7.21. The van der Waals surface area contributed by atoms with E-state index >= 15 is 0 Å². The van der Waals surface area contributed by atoms with Crippen LogP contribution in [0.3, 0.4) is 0 Å². The van der Waals surface area contributed by atoms with Gasteiger partial charge in [-0.2, -0.15) is 0 Å². The van der Waals surface area contributed by atoms with Crippen molar-refractivity contribution in [3.63, 3.8) is 0 Å². The molecule has 1 aromatic carbocycles. The number of hydrogen-bond acceptors (Lipinski definition) is 8. The first kappa shape index (κ1) is 23.8. The smallest absolute Gasteiger partial charge is 0.341 e. The Kier molecular flexibility index (Phi) is 7.81. The van der Waals surface area contributed by atoms with E-state index in [2.05, 4.69) is 22.4 Å². The van der Waals surface area contributed by atoms with Gasteiger partial charge in [0.15, 0.2) is 16.7 Å². The first-order valence-corrected chi connectivity index (χ1v) is 12.7. The molecule has 176 valence electrons. The highest BCUT2D eigenvalue weighted by atomic mass is 32.2. The molecule has 0 radical (unpaired) electrons. The predicted octanol–water partition coefficient (Wildman–Crippen LogP) is 5.58. The van der Waals surface area contributed by atoms with Crippen molar-refractivity contribution in [2.75, 3.05) is 17.7 Å². The molecule has 1 N–H and O–H groups in total. The number of thioether (sulfide) groups is 1. The summed E-state index contributed by atoms with van der Waals surface area (Å²) in [7, 11) is 0. The SMILES string of the molecule is CCCn1c(SCC(=O)Nc2scc(-c3ccccc3)c2C(=O)OCC)nnc1-c1ccco1. The summed E-state index contributed by atoms with van der Waals surface area (Å²) in [6, 6.07) is 13.2. The lowest BCUT2D eigenvalue weighted by atomic mass is 10.0. The van der Waals surface area contributed by atoms with Crippen LogP contribution in [-0.4, -0.2) is 39.0 Å². The lowest BCUT2D eigenvalue weighted by molar-refractivity contribution is -0.113. The zero-order chi connectivity index (χ0) is 23.9. The van der Waals surface area contributed by atoms with Gasteiger partial charge in [-0.15, -0.1) is 21.5 Å². The van der Waals surface area contributed by atoms with Crippen molar-refractivity contribution < 1.29 is 18.7 Å². The van der Waals surface area contributed by atoms with E-state index < -0.39 is 5.97 Å². The molecule has 8 nitrogen and oxygen atoms in total. The van der Waals surface area contributed by atoms with Gasteiger partial charge in [0.2, 0.25) is 5.91 Å². The molecule has 3 heterocycles. The largest absolute Gasteiger partial charge is 0.462 e. The number of ether oxygens (including phenoxy) is 1. The molecule has 4 rings (SSSR count). The lowest BCUT2D eigenvalue weighted by Gasteiger charge is -2.09. The molecule has 0 saturated carbocycles. The third-order valence-electron chi connectivity index (χ3n) is 4.85. The Morgan fingerprint density at radius 3 is 2.68 bits per heavy atom. The Bertz CT molecular complexity index is 1250. The fourth-order valence-corrected chi connectivity index (χ4v) is 5.13. The van der Waals surface area contributed by atoms with Gasteiger partial charge in [0.1, 0.15) is 10.6 Å². The number of hydrogen-bond donors (Lipinski definition) is 1. The highest BCUT2D eigenvalue weighted by Crippen LogP contribution is 2.36. The number of aromatic nitrogens is 3. The third-order valence-corrected chi connectivity index (χ3v) is 6.71. The van der Waals surface area contributed by atoms with Gasteiger partial charge in [0.05, 0.1) is 18.6 Å². The van der Waals surface area contributed by atoms with Crippen LogP contribution in [0.25, 0.3) is 22.7 Å². The van der Waals surface area contributed by atoms with Crippen LogP contribution in [0.5, 0.6) is 0 Å². The Hall–Kier alpha value is -3.37. The molecule has 34 heavy (non-hydrogen) atoms. The monoisotopic (exact) mass is 496 g/mol. The van der Waals surface area contributed by atoms with Gasteiger partial charge in [-0.1, -0.05) is 49.0 Å². The number of carbonyl (C=O) groups is 2. The Balaban J connectivity index is 1.51. The zero-order valence-corrected chi connectivity index (χ0v) is 20.4. The van der Waals surface area contributed by atoms with E-state index in [9.17, 15) is 9.59 Å². The Morgan fingerprint density at radius 2 is 1.97 bits per heavy atom. The molecule has 0 saturated heterocycles. The standard InChI is InChI=1S/C24H24N4O4S2/c1-3-12-28-21(18-11-8-13-32-18)26-27-24(28)34-15-19(29)25-22-20(23(30)31-4-2)17(14-33-22)16-9-6-5-7-10-16/h5-11,13-14H,3-4,12,15H2,1-2H3,(H,25,29). The average Bonchev–Trinajstić information content (AvgIpc) is 3.59. The van der Waals surface area contributed by atoms with Crippen LogP contribution in [-0.2, 0) is 16.1 Å². The van der Waals surface area contributed by atoms with Crippen LogP contribution in [0.1, 0.15) is 30.6 Å². The Labute approximate surface area is 205 Å². The number of nitrogens with one attached hydrogen (secondary N) is 1. The van der Waals surface area contributed by atoms with E-state index in [4.69, 9.17) is 9.15 Å². The fourth-order valence-electron chi connectivity index (χ4n) is 3.39. The minimum atomic E-state index is -0.462. The quantitative estimate of drug-likeness (QED) is 0.226. The minimum Gasteiger partial charge on any atom is -0.462 e. The molecular formula is C24H24N4O4S2. The Morgan fingerprint density at radius 1 is 1.15 bits per heavy atom. The van der Waals surface area contributed by atoms with Gasteiger partial charge >= 0.3 is 5.97 Å². The van der Waals surface area contributed by atoms with Crippen molar-refractivity contribution in [2.45, 2.75) is 32.0 Å². The van der Waals surface area contributed by atoms with E-state index in [1.54, 1.807) is 19.3 Å². The van der Waals surface area contributed by atoms with Crippen LogP contribution < -0.4 is 5.32 Å². The van der Waals surface area contributed by atoms with Gasteiger partial charge < -0.3 is 14.5 Å². The molecule has 3 aromatic heterocycles. The molecule has 0 spiro atoms.